The van der Waals surface area contributed by atoms with E-state index >= 15 is 0 Å². The Labute approximate surface area is 137 Å². The van der Waals surface area contributed by atoms with Crippen LogP contribution in [0.1, 0.15) is 6.92 Å². The number of rotatable bonds is 4. The van der Waals surface area contributed by atoms with Crippen molar-refractivity contribution in [1.82, 2.24) is 10.3 Å². The Morgan fingerprint density at radius 2 is 1.92 bits per heavy atom. The number of carbonyl (C=O) groups excluding carboxylic acids is 2. The minimum Gasteiger partial charge on any atom is -0.348 e. The topological polar surface area (TPSA) is 78.7 Å². The molecule has 2 amide bonds. The third kappa shape index (κ3) is 3.51. The summed E-state index contributed by atoms with van der Waals surface area (Å²) in [5, 5.41) is 4.84. The monoisotopic (exact) mass is 344 g/mol. The second-order valence-corrected chi connectivity index (χ2v) is 5.76. The first-order chi connectivity index (χ1) is 11.1. The van der Waals surface area contributed by atoms with Gasteiger partial charge in [-0.05, 0) is 18.1 Å². The maximum absolute atomic E-state index is 12.4. The molecule has 3 atom stereocenters. The molecule has 132 valence electrons. The Kier molecular flexibility index (Phi) is 5.14. The maximum Gasteiger partial charge on any atom is 0.471 e. The highest BCUT2D eigenvalue weighted by Gasteiger charge is 2.46. The van der Waals surface area contributed by atoms with Gasteiger partial charge >= 0.3 is 12.1 Å². The fourth-order valence-corrected chi connectivity index (χ4v) is 2.88. The number of hydrogen-bond donors (Lipinski definition) is 2. The number of para-hydroxylation sites is 1. The SMILES string of the molecule is C[C@@H](CNC(=O)C(F)(F)F)C1C(N)C(=O)N(c2ccccc2)N1C. The third-order valence-electron chi connectivity index (χ3n) is 4.03. The van der Waals surface area contributed by atoms with Crippen molar-refractivity contribution in [3.63, 3.8) is 0 Å². The molecule has 0 bridgehead atoms. The summed E-state index contributed by atoms with van der Waals surface area (Å²) in [5.41, 5.74) is 6.59. The number of halogens is 3. The van der Waals surface area contributed by atoms with E-state index in [2.05, 4.69) is 0 Å². The lowest BCUT2D eigenvalue weighted by Gasteiger charge is -2.31. The number of likely N-dealkylation sites (N-methyl/N-ethyl adjacent to an activating group) is 1. The van der Waals surface area contributed by atoms with Gasteiger partial charge in [0.2, 0.25) is 0 Å². The molecule has 2 rings (SSSR count). The van der Waals surface area contributed by atoms with Crippen molar-refractivity contribution in [2.45, 2.75) is 25.2 Å². The lowest BCUT2D eigenvalue weighted by molar-refractivity contribution is -0.173. The van der Waals surface area contributed by atoms with Gasteiger partial charge < -0.3 is 11.1 Å². The number of nitrogens with zero attached hydrogens (tertiary/aromatic N) is 2. The fourth-order valence-electron chi connectivity index (χ4n) is 2.88. The lowest BCUT2D eigenvalue weighted by Crippen LogP contribution is -2.49. The number of anilines is 1. The summed E-state index contributed by atoms with van der Waals surface area (Å²) in [5.74, 6) is -2.81. The number of carbonyl (C=O) groups is 2. The minimum absolute atomic E-state index is 0.239. The summed E-state index contributed by atoms with van der Waals surface area (Å²) in [7, 11) is 1.64. The number of benzene rings is 1. The largest absolute Gasteiger partial charge is 0.471 e. The molecule has 1 aliphatic heterocycles. The van der Waals surface area contributed by atoms with Gasteiger partial charge in [0.1, 0.15) is 6.04 Å². The van der Waals surface area contributed by atoms with Crippen LogP contribution in [0.4, 0.5) is 18.9 Å². The minimum atomic E-state index is -4.94. The smallest absolute Gasteiger partial charge is 0.348 e. The van der Waals surface area contributed by atoms with E-state index < -0.39 is 30.1 Å². The van der Waals surface area contributed by atoms with Crippen LogP contribution < -0.4 is 16.1 Å². The molecule has 1 saturated heterocycles. The molecule has 1 fully saturated rings. The van der Waals surface area contributed by atoms with Crippen molar-refractivity contribution in [2.24, 2.45) is 11.7 Å². The molecule has 0 radical (unpaired) electrons. The van der Waals surface area contributed by atoms with Crippen molar-refractivity contribution in [2.75, 3.05) is 18.6 Å². The quantitative estimate of drug-likeness (QED) is 0.850. The van der Waals surface area contributed by atoms with Crippen molar-refractivity contribution >= 4 is 17.5 Å². The molecule has 1 aromatic rings. The van der Waals surface area contributed by atoms with Crippen LogP contribution in [0.25, 0.3) is 0 Å². The Hall–Kier alpha value is -2.13. The average Bonchev–Trinajstić information content (AvgIpc) is 2.74. The van der Waals surface area contributed by atoms with Crippen LogP contribution in [0.3, 0.4) is 0 Å². The van der Waals surface area contributed by atoms with Gasteiger partial charge in [-0.25, -0.2) is 10.0 Å². The van der Waals surface area contributed by atoms with Crippen LogP contribution in [0.5, 0.6) is 0 Å². The van der Waals surface area contributed by atoms with Gasteiger partial charge in [0, 0.05) is 13.6 Å². The number of alkyl halides is 3. The highest BCUT2D eigenvalue weighted by atomic mass is 19.4. The standard InChI is InChI=1S/C15H19F3N4O2/c1-9(8-20-14(24)15(16,17)18)12-11(19)13(23)22(21(12)2)10-6-4-3-5-7-10/h3-7,9,11-12H,8,19H2,1-2H3,(H,20,24)/t9-,11?,12?/m0/s1. The molecule has 0 saturated carbocycles. The van der Waals surface area contributed by atoms with Crippen molar-refractivity contribution in [1.29, 1.82) is 0 Å². The summed E-state index contributed by atoms with van der Waals surface area (Å²) in [6, 6.07) is 7.37. The molecule has 24 heavy (non-hydrogen) atoms. The first-order valence-corrected chi connectivity index (χ1v) is 7.37. The Morgan fingerprint density at radius 3 is 2.46 bits per heavy atom. The van der Waals surface area contributed by atoms with Gasteiger partial charge in [-0.2, -0.15) is 13.2 Å². The van der Waals surface area contributed by atoms with Gasteiger partial charge in [-0.1, -0.05) is 25.1 Å². The molecule has 3 N–H and O–H groups in total. The van der Waals surface area contributed by atoms with E-state index in [1.807, 2.05) is 5.32 Å². The van der Waals surface area contributed by atoms with E-state index in [0.717, 1.165) is 0 Å². The third-order valence-corrected chi connectivity index (χ3v) is 4.03. The van der Waals surface area contributed by atoms with E-state index in [-0.39, 0.29) is 12.5 Å². The molecular formula is C15H19F3N4O2. The van der Waals surface area contributed by atoms with Gasteiger partial charge in [0.15, 0.2) is 0 Å². The number of hydrazine groups is 1. The van der Waals surface area contributed by atoms with Gasteiger partial charge in [-0.15, -0.1) is 0 Å². The van der Waals surface area contributed by atoms with Crippen LogP contribution in [0, 0.1) is 5.92 Å². The van der Waals surface area contributed by atoms with Gasteiger partial charge in [0.25, 0.3) is 5.91 Å². The number of nitrogens with one attached hydrogen (secondary N) is 1. The van der Waals surface area contributed by atoms with Crippen LogP contribution in [-0.4, -0.2) is 48.7 Å². The Morgan fingerprint density at radius 1 is 1.33 bits per heavy atom. The molecule has 1 aromatic carbocycles. The highest BCUT2D eigenvalue weighted by molar-refractivity contribution is 5.99. The lowest BCUT2D eigenvalue weighted by atomic mass is 9.96. The van der Waals surface area contributed by atoms with Gasteiger partial charge in [-0.3, -0.25) is 9.59 Å². The van der Waals surface area contributed by atoms with E-state index in [9.17, 15) is 22.8 Å². The molecule has 9 heteroatoms. The summed E-state index contributed by atoms with van der Waals surface area (Å²) in [6.45, 7) is 1.40. The maximum atomic E-state index is 12.4. The van der Waals surface area contributed by atoms with Crippen LogP contribution in [0.2, 0.25) is 0 Å². The van der Waals surface area contributed by atoms with E-state index in [4.69, 9.17) is 5.73 Å². The van der Waals surface area contributed by atoms with Crippen molar-refractivity contribution in [3.8, 4) is 0 Å². The molecule has 1 heterocycles. The molecule has 6 nitrogen and oxygen atoms in total. The summed E-state index contributed by atoms with van der Waals surface area (Å²) < 4.78 is 36.8. The predicted molar refractivity (Wildman–Crippen MR) is 81.7 cm³/mol. The first-order valence-electron chi connectivity index (χ1n) is 7.37. The summed E-state index contributed by atoms with van der Waals surface area (Å²) >= 11 is 0. The van der Waals surface area contributed by atoms with Crippen molar-refractivity contribution in [3.05, 3.63) is 30.3 Å². The second kappa shape index (κ2) is 6.78. The first kappa shape index (κ1) is 18.2. The van der Waals surface area contributed by atoms with Crippen LogP contribution in [-0.2, 0) is 9.59 Å². The molecule has 0 spiro atoms. The van der Waals surface area contributed by atoms with E-state index in [1.54, 1.807) is 49.3 Å². The molecular weight excluding hydrogens is 325 g/mol. The van der Waals surface area contributed by atoms with Crippen molar-refractivity contribution < 1.29 is 22.8 Å². The Bertz CT molecular complexity index is 608. The predicted octanol–water partition coefficient (Wildman–Crippen LogP) is 0.890. The average molecular weight is 344 g/mol. The number of hydrogen-bond acceptors (Lipinski definition) is 4. The zero-order valence-corrected chi connectivity index (χ0v) is 13.2. The van der Waals surface area contributed by atoms with Gasteiger partial charge in [0.05, 0.1) is 11.7 Å². The summed E-state index contributed by atoms with van der Waals surface area (Å²) in [6.07, 6.45) is -4.94. The molecule has 1 aliphatic rings. The van der Waals surface area contributed by atoms with Crippen LogP contribution in [0.15, 0.2) is 30.3 Å². The number of nitrogens with two attached hydrogens (primary N) is 1. The highest BCUT2D eigenvalue weighted by Crippen LogP contribution is 2.28. The molecule has 2 unspecified atom stereocenters. The number of amides is 2. The zero-order chi connectivity index (χ0) is 18.1. The summed E-state index contributed by atoms with van der Waals surface area (Å²) in [4.78, 5) is 23.4. The molecule has 0 aromatic heterocycles. The Balaban J connectivity index is 2.10. The fraction of sp³-hybridized carbons (Fsp3) is 0.467. The van der Waals surface area contributed by atoms with Crippen LogP contribution >= 0.6 is 0 Å². The van der Waals surface area contributed by atoms with E-state index in [0.29, 0.717) is 5.69 Å². The van der Waals surface area contributed by atoms with E-state index in [1.165, 1.54) is 5.01 Å². The molecule has 0 aliphatic carbocycles. The zero-order valence-electron chi connectivity index (χ0n) is 13.2. The second-order valence-electron chi connectivity index (χ2n) is 5.76. The normalized spacial score (nSPS) is 23.4.